The molecule has 0 atom stereocenters. The standard InChI is InChI=1S/C26H32F3N5S/c27-26(28,29)17-12-21(31-18-4-9-33(10-5-18)11-8-30)24-23(13-17)35-22-14-19(2-3-20(22)32-24)34-15-25(16-34)6-1-7-25/h2-3,12-14,18,31-32H,1,4-11,15-16,30H2. The summed E-state index contributed by atoms with van der Waals surface area (Å²) >= 11 is 1.43. The highest BCUT2D eigenvalue weighted by Crippen LogP contribution is 2.53. The van der Waals surface area contributed by atoms with Gasteiger partial charge in [0.1, 0.15) is 0 Å². The molecule has 0 radical (unpaired) electrons. The number of halogens is 3. The second kappa shape index (κ2) is 8.78. The highest BCUT2D eigenvalue weighted by Gasteiger charge is 2.47. The summed E-state index contributed by atoms with van der Waals surface area (Å²) in [4.78, 5) is 6.30. The number of alkyl halides is 3. The largest absolute Gasteiger partial charge is 0.416 e. The van der Waals surface area contributed by atoms with E-state index in [0.717, 1.165) is 67.5 Å². The van der Waals surface area contributed by atoms with Crippen LogP contribution in [0.1, 0.15) is 37.7 Å². The number of piperidine rings is 1. The van der Waals surface area contributed by atoms with E-state index < -0.39 is 11.7 Å². The fraction of sp³-hybridized carbons (Fsp3) is 0.538. The van der Waals surface area contributed by atoms with E-state index >= 15 is 0 Å². The Bertz CT molecular complexity index is 1100. The molecule has 1 saturated carbocycles. The minimum Gasteiger partial charge on any atom is -0.380 e. The predicted octanol–water partition coefficient (Wildman–Crippen LogP) is 5.74. The zero-order chi connectivity index (χ0) is 24.2. The van der Waals surface area contributed by atoms with Crippen molar-refractivity contribution in [3.8, 4) is 0 Å². The van der Waals surface area contributed by atoms with Gasteiger partial charge < -0.3 is 26.2 Å². The number of hydrogen-bond acceptors (Lipinski definition) is 6. The maximum absolute atomic E-state index is 13.8. The topological polar surface area (TPSA) is 56.6 Å². The number of hydrogen-bond donors (Lipinski definition) is 3. The Morgan fingerprint density at radius 2 is 1.86 bits per heavy atom. The molecule has 3 fully saturated rings. The molecule has 188 valence electrons. The lowest BCUT2D eigenvalue weighted by atomic mass is 9.63. The van der Waals surface area contributed by atoms with E-state index in [2.05, 4.69) is 38.6 Å². The number of nitrogens with one attached hydrogen (secondary N) is 2. The number of nitrogens with two attached hydrogens (primary N) is 1. The normalized spacial score (nSPS) is 21.5. The third kappa shape index (κ3) is 4.47. The molecule has 4 aliphatic rings. The van der Waals surface area contributed by atoms with Crippen LogP contribution < -0.4 is 21.3 Å². The fourth-order valence-corrected chi connectivity index (χ4v) is 6.99. The Morgan fingerprint density at radius 1 is 1.09 bits per heavy atom. The lowest BCUT2D eigenvalue weighted by Crippen LogP contribution is -2.59. The van der Waals surface area contributed by atoms with E-state index in [0.29, 0.717) is 22.5 Å². The van der Waals surface area contributed by atoms with Gasteiger partial charge in [0.05, 0.1) is 22.6 Å². The van der Waals surface area contributed by atoms with Crippen molar-refractivity contribution in [2.75, 3.05) is 54.8 Å². The Kier molecular flexibility index (Phi) is 5.85. The van der Waals surface area contributed by atoms with Gasteiger partial charge in [-0.05, 0) is 56.0 Å². The molecule has 2 aromatic carbocycles. The average Bonchev–Trinajstić information content (AvgIpc) is 2.77. The van der Waals surface area contributed by atoms with E-state index in [-0.39, 0.29) is 6.04 Å². The van der Waals surface area contributed by atoms with Crippen LogP contribution in [0.4, 0.5) is 35.9 Å². The zero-order valence-electron chi connectivity index (χ0n) is 19.8. The molecule has 0 amide bonds. The van der Waals surface area contributed by atoms with Crippen LogP contribution in [0.25, 0.3) is 0 Å². The highest BCUT2D eigenvalue weighted by atomic mass is 32.2. The highest BCUT2D eigenvalue weighted by molar-refractivity contribution is 7.99. The zero-order valence-corrected chi connectivity index (χ0v) is 20.6. The van der Waals surface area contributed by atoms with Crippen molar-refractivity contribution in [2.45, 2.75) is 54.1 Å². The van der Waals surface area contributed by atoms with E-state index in [4.69, 9.17) is 5.73 Å². The third-order valence-electron chi connectivity index (χ3n) is 8.10. The van der Waals surface area contributed by atoms with E-state index in [1.807, 2.05) is 0 Å². The number of anilines is 4. The molecular weight excluding hydrogens is 471 g/mol. The molecule has 1 aliphatic carbocycles. The minimum atomic E-state index is -4.40. The predicted molar refractivity (Wildman–Crippen MR) is 136 cm³/mol. The summed E-state index contributed by atoms with van der Waals surface area (Å²) in [6.07, 6.45) is 1.35. The third-order valence-corrected chi connectivity index (χ3v) is 9.20. The number of fused-ring (bicyclic) bond motifs is 2. The number of rotatable bonds is 5. The average molecular weight is 504 g/mol. The number of benzene rings is 2. The maximum atomic E-state index is 13.8. The van der Waals surface area contributed by atoms with Crippen LogP contribution in [0.15, 0.2) is 40.1 Å². The van der Waals surface area contributed by atoms with Gasteiger partial charge in [0, 0.05) is 66.2 Å². The summed E-state index contributed by atoms with van der Waals surface area (Å²) in [5, 5.41) is 6.89. The first-order chi connectivity index (χ1) is 16.8. The Balaban J connectivity index is 1.24. The Labute approximate surface area is 208 Å². The van der Waals surface area contributed by atoms with Crippen molar-refractivity contribution < 1.29 is 13.2 Å². The van der Waals surface area contributed by atoms with Gasteiger partial charge in [0.25, 0.3) is 0 Å². The van der Waals surface area contributed by atoms with Crippen LogP contribution in [-0.4, -0.2) is 50.2 Å². The molecule has 35 heavy (non-hydrogen) atoms. The van der Waals surface area contributed by atoms with Gasteiger partial charge in [-0.15, -0.1) is 0 Å². The van der Waals surface area contributed by atoms with Gasteiger partial charge >= 0.3 is 6.18 Å². The maximum Gasteiger partial charge on any atom is 0.416 e. The summed E-state index contributed by atoms with van der Waals surface area (Å²) in [6.45, 7) is 5.48. The lowest BCUT2D eigenvalue weighted by molar-refractivity contribution is -0.137. The van der Waals surface area contributed by atoms with E-state index in [1.54, 1.807) is 0 Å². The van der Waals surface area contributed by atoms with Crippen LogP contribution in [0.3, 0.4) is 0 Å². The molecule has 4 N–H and O–H groups in total. The van der Waals surface area contributed by atoms with E-state index in [1.165, 1.54) is 43.2 Å². The molecule has 0 bridgehead atoms. The van der Waals surface area contributed by atoms with Crippen LogP contribution in [-0.2, 0) is 6.18 Å². The molecule has 3 heterocycles. The molecule has 9 heteroatoms. The van der Waals surface area contributed by atoms with Crippen LogP contribution in [0, 0.1) is 5.41 Å². The fourth-order valence-electron chi connectivity index (χ4n) is 5.89. The van der Waals surface area contributed by atoms with Gasteiger partial charge in [-0.1, -0.05) is 18.2 Å². The number of likely N-dealkylation sites (tertiary alicyclic amines) is 1. The summed E-state index contributed by atoms with van der Waals surface area (Å²) in [6, 6.07) is 9.01. The first-order valence-electron chi connectivity index (χ1n) is 12.6. The smallest absolute Gasteiger partial charge is 0.380 e. The van der Waals surface area contributed by atoms with Gasteiger partial charge in [0.2, 0.25) is 0 Å². The molecule has 1 spiro atoms. The Morgan fingerprint density at radius 3 is 2.51 bits per heavy atom. The summed E-state index contributed by atoms with van der Waals surface area (Å²) < 4.78 is 41.4. The second-order valence-corrected chi connectivity index (χ2v) is 11.6. The van der Waals surface area contributed by atoms with Gasteiger partial charge in [-0.25, -0.2) is 0 Å². The van der Waals surface area contributed by atoms with Crippen LogP contribution in [0.2, 0.25) is 0 Å². The van der Waals surface area contributed by atoms with Crippen molar-refractivity contribution in [1.29, 1.82) is 0 Å². The van der Waals surface area contributed by atoms with Crippen molar-refractivity contribution >= 4 is 34.5 Å². The second-order valence-electron chi connectivity index (χ2n) is 10.6. The van der Waals surface area contributed by atoms with Gasteiger partial charge in [-0.2, -0.15) is 13.2 Å². The monoisotopic (exact) mass is 503 g/mol. The van der Waals surface area contributed by atoms with Gasteiger partial charge in [0.15, 0.2) is 0 Å². The molecule has 6 rings (SSSR count). The molecule has 0 aromatic heterocycles. The van der Waals surface area contributed by atoms with Gasteiger partial charge in [-0.3, -0.25) is 0 Å². The summed E-state index contributed by atoms with van der Waals surface area (Å²) in [5.41, 5.74) is 8.97. The molecule has 3 aliphatic heterocycles. The van der Waals surface area contributed by atoms with Crippen molar-refractivity contribution in [2.24, 2.45) is 11.1 Å². The molecule has 5 nitrogen and oxygen atoms in total. The SMILES string of the molecule is NCCN1CCC(Nc2cc(C(F)(F)F)cc3c2Nc2ccc(N4CC5(CCC5)C4)cc2S3)CC1. The summed E-state index contributed by atoms with van der Waals surface area (Å²) in [7, 11) is 0. The minimum absolute atomic E-state index is 0.137. The summed E-state index contributed by atoms with van der Waals surface area (Å²) in [5.74, 6) is 0. The Hall–Kier alpha value is -2.10. The van der Waals surface area contributed by atoms with Crippen molar-refractivity contribution in [3.05, 3.63) is 35.9 Å². The van der Waals surface area contributed by atoms with Crippen LogP contribution in [0.5, 0.6) is 0 Å². The first-order valence-corrected chi connectivity index (χ1v) is 13.4. The molecule has 2 aromatic rings. The number of nitrogens with zero attached hydrogens (tertiary/aromatic N) is 2. The van der Waals surface area contributed by atoms with Crippen molar-refractivity contribution in [3.63, 3.8) is 0 Å². The van der Waals surface area contributed by atoms with Crippen molar-refractivity contribution in [1.82, 2.24) is 4.90 Å². The lowest BCUT2D eigenvalue weighted by Gasteiger charge is -2.57. The molecular formula is C26H32F3N5S. The quantitative estimate of drug-likeness (QED) is 0.413. The van der Waals surface area contributed by atoms with Crippen LogP contribution >= 0.6 is 11.8 Å². The molecule has 2 saturated heterocycles. The van der Waals surface area contributed by atoms with E-state index in [9.17, 15) is 13.2 Å². The molecule has 0 unspecified atom stereocenters. The first kappa shape index (κ1) is 23.3.